The van der Waals surface area contributed by atoms with Gasteiger partial charge in [0, 0.05) is 19.5 Å². The third kappa shape index (κ3) is 3.40. The first-order chi connectivity index (χ1) is 11.5. The van der Waals surface area contributed by atoms with Crippen molar-refractivity contribution < 1.29 is 14.7 Å². The number of nitrogens with zero attached hydrogens (tertiary/aromatic N) is 1. The van der Waals surface area contributed by atoms with Crippen molar-refractivity contribution in [2.45, 2.75) is 19.9 Å². The van der Waals surface area contributed by atoms with E-state index in [1.165, 1.54) is 6.07 Å². The number of carbonyl (C=O) groups excluding carboxylic acids is 2. The van der Waals surface area contributed by atoms with Crippen molar-refractivity contribution >= 4 is 17.5 Å². The van der Waals surface area contributed by atoms with Crippen LogP contribution in [0, 0.1) is 12.8 Å². The number of nitrogens with one attached hydrogen (secondary N) is 1. The molecule has 5 nitrogen and oxygen atoms in total. The van der Waals surface area contributed by atoms with Gasteiger partial charge in [-0.05, 0) is 24.1 Å². The average Bonchev–Trinajstić information content (AvgIpc) is 2.93. The second kappa shape index (κ2) is 6.74. The van der Waals surface area contributed by atoms with Crippen LogP contribution in [0.1, 0.15) is 17.5 Å². The van der Waals surface area contributed by atoms with Gasteiger partial charge in [0.05, 0.1) is 11.6 Å². The smallest absolute Gasteiger partial charge is 0.229 e. The zero-order valence-electron chi connectivity index (χ0n) is 13.5. The zero-order valence-corrected chi connectivity index (χ0v) is 13.5. The van der Waals surface area contributed by atoms with Gasteiger partial charge in [0.2, 0.25) is 11.8 Å². The molecule has 1 unspecified atom stereocenters. The van der Waals surface area contributed by atoms with Crippen LogP contribution in [-0.2, 0) is 16.1 Å². The van der Waals surface area contributed by atoms with Crippen LogP contribution in [0.25, 0.3) is 0 Å². The van der Waals surface area contributed by atoms with E-state index in [1.54, 1.807) is 11.0 Å². The van der Waals surface area contributed by atoms with E-state index in [4.69, 9.17) is 0 Å². The number of carbonyl (C=O) groups is 2. The van der Waals surface area contributed by atoms with Crippen LogP contribution in [0.4, 0.5) is 5.69 Å². The highest BCUT2D eigenvalue weighted by Crippen LogP contribution is 2.28. The zero-order chi connectivity index (χ0) is 17.1. The maximum atomic E-state index is 12.5. The van der Waals surface area contributed by atoms with Gasteiger partial charge in [0.1, 0.15) is 5.75 Å². The number of benzene rings is 2. The maximum absolute atomic E-state index is 12.5. The fourth-order valence-electron chi connectivity index (χ4n) is 2.94. The molecule has 24 heavy (non-hydrogen) atoms. The third-order valence-corrected chi connectivity index (χ3v) is 4.30. The summed E-state index contributed by atoms with van der Waals surface area (Å²) in [4.78, 5) is 26.3. The minimum absolute atomic E-state index is 0.0204. The Labute approximate surface area is 140 Å². The Hall–Kier alpha value is -2.82. The van der Waals surface area contributed by atoms with Crippen LogP contribution >= 0.6 is 0 Å². The topological polar surface area (TPSA) is 69.6 Å². The molecule has 0 aliphatic carbocycles. The summed E-state index contributed by atoms with van der Waals surface area (Å²) in [7, 11) is 0. The largest absolute Gasteiger partial charge is 0.506 e. The highest BCUT2D eigenvalue weighted by molar-refractivity contribution is 5.98. The molecule has 0 radical (unpaired) electrons. The molecule has 1 aliphatic rings. The summed E-state index contributed by atoms with van der Waals surface area (Å²) < 4.78 is 0. The Morgan fingerprint density at radius 2 is 1.96 bits per heavy atom. The van der Waals surface area contributed by atoms with Gasteiger partial charge in [-0.15, -0.1) is 0 Å². The molecule has 2 aromatic rings. The van der Waals surface area contributed by atoms with Crippen molar-refractivity contribution in [2.75, 3.05) is 11.9 Å². The number of anilines is 1. The normalized spacial score (nSPS) is 17.1. The molecule has 1 aliphatic heterocycles. The number of likely N-dealkylation sites (tertiary alicyclic amines) is 1. The molecule has 124 valence electrons. The van der Waals surface area contributed by atoms with Gasteiger partial charge in [0.25, 0.3) is 0 Å². The van der Waals surface area contributed by atoms with E-state index in [1.807, 2.05) is 43.3 Å². The summed E-state index contributed by atoms with van der Waals surface area (Å²) in [6.45, 7) is 2.72. The molecule has 2 amide bonds. The van der Waals surface area contributed by atoms with Crippen LogP contribution in [0.3, 0.4) is 0 Å². The number of aromatic hydroxyl groups is 1. The van der Waals surface area contributed by atoms with Crippen LogP contribution in [0.2, 0.25) is 0 Å². The van der Waals surface area contributed by atoms with Crippen LogP contribution in [0.5, 0.6) is 5.75 Å². The molecule has 0 saturated carbocycles. The summed E-state index contributed by atoms with van der Waals surface area (Å²) in [5, 5.41) is 12.6. The highest BCUT2D eigenvalue weighted by Gasteiger charge is 2.34. The standard InChI is InChI=1S/C19H20N2O3/c1-13-6-5-9-16(22)18(13)20-19(24)15-10-17(23)21(12-15)11-14-7-3-2-4-8-14/h2-9,15,22H,10-12H2,1H3,(H,20,24). The Morgan fingerprint density at radius 3 is 2.67 bits per heavy atom. The molecular formula is C19H20N2O3. The predicted octanol–water partition coefficient (Wildman–Crippen LogP) is 2.69. The van der Waals surface area contributed by atoms with Gasteiger partial charge in [-0.2, -0.15) is 0 Å². The minimum atomic E-state index is -0.403. The van der Waals surface area contributed by atoms with Crippen molar-refractivity contribution in [1.82, 2.24) is 4.90 Å². The second-order valence-electron chi connectivity index (χ2n) is 6.12. The molecule has 1 heterocycles. The lowest BCUT2D eigenvalue weighted by atomic mass is 10.1. The van der Waals surface area contributed by atoms with E-state index in [-0.39, 0.29) is 24.0 Å². The number of para-hydroxylation sites is 1. The SMILES string of the molecule is Cc1cccc(O)c1NC(=O)C1CC(=O)N(Cc2ccccc2)C1. The number of aryl methyl sites for hydroxylation is 1. The average molecular weight is 324 g/mol. The lowest BCUT2D eigenvalue weighted by molar-refractivity contribution is -0.128. The molecule has 1 saturated heterocycles. The number of rotatable bonds is 4. The van der Waals surface area contributed by atoms with Gasteiger partial charge in [-0.3, -0.25) is 9.59 Å². The van der Waals surface area contributed by atoms with Crippen molar-refractivity contribution in [3.63, 3.8) is 0 Å². The summed E-state index contributed by atoms with van der Waals surface area (Å²) in [5.74, 6) is -0.620. The molecule has 2 aromatic carbocycles. The molecule has 3 rings (SSSR count). The summed E-state index contributed by atoms with van der Waals surface area (Å²) in [6.07, 6.45) is 0.200. The molecule has 1 atom stereocenters. The summed E-state index contributed by atoms with van der Waals surface area (Å²) >= 11 is 0. The van der Waals surface area contributed by atoms with Crippen molar-refractivity contribution in [1.29, 1.82) is 0 Å². The van der Waals surface area contributed by atoms with Gasteiger partial charge in [0.15, 0.2) is 0 Å². The number of amides is 2. The Balaban J connectivity index is 1.66. The lowest BCUT2D eigenvalue weighted by Gasteiger charge is -2.17. The molecule has 2 N–H and O–H groups in total. The number of phenolic OH excluding ortho intramolecular Hbond substituents is 1. The number of hydrogen-bond acceptors (Lipinski definition) is 3. The monoisotopic (exact) mass is 324 g/mol. The summed E-state index contributed by atoms with van der Waals surface area (Å²) in [6, 6.07) is 14.8. The highest BCUT2D eigenvalue weighted by atomic mass is 16.3. The first kappa shape index (κ1) is 16.1. The third-order valence-electron chi connectivity index (χ3n) is 4.30. The Bertz CT molecular complexity index is 738. The van der Waals surface area contributed by atoms with Gasteiger partial charge < -0.3 is 15.3 Å². The van der Waals surface area contributed by atoms with E-state index >= 15 is 0 Å². The van der Waals surface area contributed by atoms with Crippen molar-refractivity contribution in [3.05, 3.63) is 59.7 Å². The van der Waals surface area contributed by atoms with Crippen molar-refractivity contribution in [3.8, 4) is 5.75 Å². The predicted molar refractivity (Wildman–Crippen MR) is 91.4 cm³/mol. The van der Waals surface area contributed by atoms with E-state index in [0.29, 0.717) is 18.8 Å². The molecule has 0 aromatic heterocycles. The van der Waals surface area contributed by atoms with Crippen molar-refractivity contribution in [2.24, 2.45) is 5.92 Å². The Morgan fingerprint density at radius 1 is 1.21 bits per heavy atom. The van der Waals surface area contributed by atoms with E-state index in [2.05, 4.69) is 5.32 Å². The lowest BCUT2D eigenvalue weighted by Crippen LogP contribution is -2.28. The van der Waals surface area contributed by atoms with E-state index in [9.17, 15) is 14.7 Å². The fourth-order valence-corrected chi connectivity index (χ4v) is 2.94. The van der Waals surface area contributed by atoms with Gasteiger partial charge in [-0.25, -0.2) is 0 Å². The number of phenols is 1. The Kier molecular flexibility index (Phi) is 4.51. The first-order valence-electron chi connectivity index (χ1n) is 7.95. The second-order valence-corrected chi connectivity index (χ2v) is 6.12. The number of hydrogen-bond donors (Lipinski definition) is 2. The fraction of sp³-hybridized carbons (Fsp3) is 0.263. The van der Waals surface area contributed by atoms with Gasteiger partial charge >= 0.3 is 0 Å². The molecule has 5 heteroatoms. The molecule has 0 bridgehead atoms. The van der Waals surface area contributed by atoms with Gasteiger partial charge in [-0.1, -0.05) is 42.5 Å². The molecule has 1 fully saturated rings. The minimum Gasteiger partial charge on any atom is -0.506 e. The van der Waals surface area contributed by atoms with E-state index < -0.39 is 5.92 Å². The molecule has 0 spiro atoms. The molecular weight excluding hydrogens is 304 g/mol. The maximum Gasteiger partial charge on any atom is 0.229 e. The quantitative estimate of drug-likeness (QED) is 0.850. The van der Waals surface area contributed by atoms with E-state index in [0.717, 1.165) is 11.1 Å². The first-order valence-corrected chi connectivity index (χ1v) is 7.95. The van der Waals surface area contributed by atoms with Crippen LogP contribution in [0.15, 0.2) is 48.5 Å². The van der Waals surface area contributed by atoms with Crippen LogP contribution in [-0.4, -0.2) is 28.4 Å². The summed E-state index contributed by atoms with van der Waals surface area (Å²) in [5.41, 5.74) is 2.24. The van der Waals surface area contributed by atoms with Crippen LogP contribution < -0.4 is 5.32 Å².